The number of nitrogens with zero attached hydrogens (tertiary/aromatic N) is 2. The maximum Gasteiger partial charge on any atom is 0.282 e. The number of hydrazone groups is 1. The fourth-order valence-corrected chi connectivity index (χ4v) is 2.72. The maximum atomic E-state index is 12.3. The third-order valence-corrected chi connectivity index (χ3v) is 3.89. The largest absolute Gasteiger partial charge is 0.490 e. The lowest BCUT2D eigenvalue weighted by molar-refractivity contribution is 0.0660. The van der Waals surface area contributed by atoms with Crippen LogP contribution in [0.5, 0.6) is 11.5 Å². The first kappa shape index (κ1) is 14.4. The molecule has 6 heteroatoms. The number of rotatable bonds is 2. The molecule has 0 saturated carbocycles. The number of benzene rings is 2. The van der Waals surface area contributed by atoms with Crippen molar-refractivity contribution in [3.8, 4) is 11.5 Å². The molecule has 0 aliphatic carbocycles. The van der Waals surface area contributed by atoms with Crippen LogP contribution < -0.4 is 9.47 Å². The molecule has 2 aromatic rings. The summed E-state index contributed by atoms with van der Waals surface area (Å²) in [6.07, 6.45) is 2.25. The van der Waals surface area contributed by atoms with Gasteiger partial charge in [0.05, 0.1) is 30.6 Å². The molecule has 2 heterocycles. The van der Waals surface area contributed by atoms with Gasteiger partial charge in [-0.05, 0) is 24.3 Å². The highest BCUT2D eigenvalue weighted by atomic mass is 16.5. The zero-order valence-corrected chi connectivity index (χ0v) is 12.8. The molecule has 2 amide bonds. The van der Waals surface area contributed by atoms with Crippen molar-refractivity contribution in [2.75, 3.05) is 13.2 Å². The number of fused-ring (bicyclic) bond motifs is 2. The molecule has 0 spiro atoms. The summed E-state index contributed by atoms with van der Waals surface area (Å²) in [5.74, 6) is 0.367. The molecule has 24 heavy (non-hydrogen) atoms. The SMILES string of the molecule is O=C1c2ccccc2C(=O)N1/N=C/c1cccc2c1OCCCO2. The van der Waals surface area contributed by atoms with Crippen LogP contribution in [0.15, 0.2) is 47.6 Å². The normalized spacial score (nSPS) is 16.4. The Kier molecular flexibility index (Phi) is 3.49. The van der Waals surface area contributed by atoms with Crippen LogP contribution in [0.4, 0.5) is 0 Å². The van der Waals surface area contributed by atoms with Gasteiger partial charge in [0.15, 0.2) is 11.5 Å². The van der Waals surface area contributed by atoms with Gasteiger partial charge >= 0.3 is 0 Å². The van der Waals surface area contributed by atoms with Crippen LogP contribution in [0, 0.1) is 0 Å². The van der Waals surface area contributed by atoms with Crippen molar-refractivity contribution < 1.29 is 19.1 Å². The molecule has 0 bridgehead atoms. The molecule has 0 radical (unpaired) electrons. The minimum Gasteiger partial charge on any atom is -0.490 e. The van der Waals surface area contributed by atoms with Crippen LogP contribution in [-0.2, 0) is 0 Å². The summed E-state index contributed by atoms with van der Waals surface area (Å²) in [6, 6.07) is 12.1. The van der Waals surface area contributed by atoms with Crippen LogP contribution in [0.3, 0.4) is 0 Å². The highest BCUT2D eigenvalue weighted by molar-refractivity contribution is 6.21. The summed E-state index contributed by atoms with van der Waals surface area (Å²) in [5, 5.41) is 4.96. The monoisotopic (exact) mass is 322 g/mol. The Balaban J connectivity index is 1.65. The highest BCUT2D eigenvalue weighted by Gasteiger charge is 2.35. The molecule has 0 atom stereocenters. The Hall–Kier alpha value is -3.15. The second kappa shape index (κ2) is 5.81. The van der Waals surface area contributed by atoms with E-state index in [1.165, 1.54) is 6.21 Å². The van der Waals surface area contributed by atoms with E-state index in [9.17, 15) is 9.59 Å². The van der Waals surface area contributed by atoms with Gasteiger partial charge in [0, 0.05) is 12.0 Å². The van der Waals surface area contributed by atoms with Gasteiger partial charge in [-0.15, -0.1) is 0 Å². The fraction of sp³-hybridized carbons (Fsp3) is 0.167. The minimum atomic E-state index is -0.425. The van der Waals surface area contributed by atoms with Gasteiger partial charge < -0.3 is 9.47 Å². The molecule has 0 fully saturated rings. The topological polar surface area (TPSA) is 68.2 Å². The van der Waals surface area contributed by atoms with Crippen LogP contribution >= 0.6 is 0 Å². The van der Waals surface area contributed by atoms with E-state index in [2.05, 4.69) is 5.10 Å². The molecule has 120 valence electrons. The minimum absolute atomic E-state index is 0.367. The summed E-state index contributed by atoms with van der Waals surface area (Å²) in [7, 11) is 0. The van der Waals surface area contributed by atoms with Crippen molar-refractivity contribution >= 4 is 18.0 Å². The molecular formula is C18H14N2O4. The summed E-state index contributed by atoms with van der Waals surface area (Å²) >= 11 is 0. The van der Waals surface area contributed by atoms with Gasteiger partial charge in [-0.2, -0.15) is 10.1 Å². The Morgan fingerprint density at radius 3 is 2.38 bits per heavy atom. The Morgan fingerprint density at radius 2 is 1.62 bits per heavy atom. The van der Waals surface area contributed by atoms with E-state index in [4.69, 9.17) is 9.47 Å². The number of ether oxygens (including phenoxy) is 2. The third-order valence-electron chi connectivity index (χ3n) is 3.89. The first-order valence-electron chi connectivity index (χ1n) is 7.66. The van der Waals surface area contributed by atoms with Crippen LogP contribution in [0.1, 0.15) is 32.7 Å². The molecule has 0 N–H and O–H groups in total. The van der Waals surface area contributed by atoms with Gasteiger partial charge in [0.25, 0.3) is 11.8 Å². The number of hydrogen-bond acceptors (Lipinski definition) is 5. The Bertz CT molecular complexity index is 825. The number of carbonyl (C=O) groups excluding carboxylic acids is 2. The smallest absolute Gasteiger partial charge is 0.282 e. The van der Waals surface area contributed by atoms with E-state index in [1.54, 1.807) is 30.3 Å². The molecule has 4 rings (SSSR count). The predicted octanol–water partition coefficient (Wildman–Crippen LogP) is 2.48. The lowest BCUT2D eigenvalue weighted by Crippen LogP contribution is -2.24. The summed E-state index contributed by atoms with van der Waals surface area (Å²) in [5.41, 5.74) is 1.39. The van der Waals surface area contributed by atoms with Gasteiger partial charge in [-0.1, -0.05) is 18.2 Å². The molecule has 2 aliphatic heterocycles. The van der Waals surface area contributed by atoms with Crippen LogP contribution in [0.2, 0.25) is 0 Å². The van der Waals surface area contributed by atoms with Crippen molar-refractivity contribution in [3.63, 3.8) is 0 Å². The van der Waals surface area contributed by atoms with Crippen molar-refractivity contribution in [2.24, 2.45) is 5.10 Å². The number of hydrogen-bond donors (Lipinski definition) is 0. The van der Waals surface area contributed by atoms with E-state index in [1.807, 2.05) is 12.1 Å². The van der Waals surface area contributed by atoms with Gasteiger partial charge in [0.1, 0.15) is 0 Å². The second-order valence-corrected chi connectivity index (χ2v) is 5.44. The average Bonchev–Trinajstić information content (AvgIpc) is 2.78. The lowest BCUT2D eigenvalue weighted by atomic mass is 10.1. The van der Waals surface area contributed by atoms with E-state index >= 15 is 0 Å². The van der Waals surface area contributed by atoms with Gasteiger partial charge in [-0.25, -0.2) is 0 Å². The van der Waals surface area contributed by atoms with E-state index in [0.717, 1.165) is 11.4 Å². The number of imide groups is 1. The summed E-state index contributed by atoms with van der Waals surface area (Å²) in [4.78, 5) is 24.6. The molecule has 0 unspecified atom stereocenters. The molecule has 0 aromatic heterocycles. The maximum absolute atomic E-state index is 12.3. The average molecular weight is 322 g/mol. The zero-order chi connectivity index (χ0) is 16.5. The lowest BCUT2D eigenvalue weighted by Gasteiger charge is -2.10. The van der Waals surface area contributed by atoms with Crippen molar-refractivity contribution in [1.82, 2.24) is 5.01 Å². The van der Waals surface area contributed by atoms with Crippen molar-refractivity contribution in [3.05, 3.63) is 59.2 Å². The molecule has 2 aromatic carbocycles. The first-order chi connectivity index (χ1) is 11.8. The molecule has 6 nitrogen and oxygen atoms in total. The third kappa shape index (κ3) is 2.32. The standard InChI is InChI=1S/C18H14N2O4/c21-17-13-6-1-2-7-14(13)18(22)20(17)19-11-12-5-3-8-15-16(12)24-10-4-9-23-15/h1-3,5-8,11H,4,9-10H2/b19-11+. The van der Waals surface area contributed by atoms with Crippen molar-refractivity contribution in [2.45, 2.75) is 6.42 Å². The summed E-state index contributed by atoms with van der Waals surface area (Å²) < 4.78 is 11.3. The van der Waals surface area contributed by atoms with Gasteiger partial charge in [0.2, 0.25) is 0 Å². The number of para-hydroxylation sites is 1. The quantitative estimate of drug-likeness (QED) is 0.629. The number of carbonyl (C=O) groups is 2. The zero-order valence-electron chi connectivity index (χ0n) is 12.8. The number of amides is 2. The van der Waals surface area contributed by atoms with Crippen LogP contribution in [-0.4, -0.2) is 36.3 Å². The van der Waals surface area contributed by atoms with Crippen LogP contribution in [0.25, 0.3) is 0 Å². The second-order valence-electron chi connectivity index (χ2n) is 5.44. The first-order valence-corrected chi connectivity index (χ1v) is 7.66. The Labute approximate surface area is 138 Å². The fourth-order valence-electron chi connectivity index (χ4n) is 2.72. The highest BCUT2D eigenvalue weighted by Crippen LogP contribution is 2.32. The van der Waals surface area contributed by atoms with Gasteiger partial charge in [-0.3, -0.25) is 9.59 Å². The predicted molar refractivity (Wildman–Crippen MR) is 86.6 cm³/mol. The van der Waals surface area contributed by atoms with E-state index < -0.39 is 11.8 Å². The Morgan fingerprint density at radius 1 is 0.917 bits per heavy atom. The van der Waals surface area contributed by atoms with E-state index in [-0.39, 0.29) is 0 Å². The summed E-state index contributed by atoms with van der Waals surface area (Å²) in [6.45, 7) is 1.14. The molecule has 2 aliphatic rings. The molecule has 0 saturated heterocycles. The van der Waals surface area contributed by atoms with Crippen molar-refractivity contribution in [1.29, 1.82) is 0 Å². The van der Waals surface area contributed by atoms with E-state index in [0.29, 0.717) is 41.4 Å². The molecular weight excluding hydrogens is 308 g/mol.